The molecule has 2 fully saturated rings. The number of hydrogen-bond donors (Lipinski definition) is 0. The summed E-state index contributed by atoms with van der Waals surface area (Å²) in [6.07, 6.45) is 5.81. The van der Waals surface area contributed by atoms with Crippen LogP contribution >= 0.6 is 47.2 Å². The summed E-state index contributed by atoms with van der Waals surface area (Å²) in [6.45, 7) is 4.81. The van der Waals surface area contributed by atoms with Crippen LogP contribution in [0.5, 0.6) is 0 Å². The van der Waals surface area contributed by atoms with Crippen molar-refractivity contribution in [1.29, 1.82) is 0 Å². The Balaban J connectivity index is 1.76. The first-order valence-corrected chi connectivity index (χ1v) is 11.4. The monoisotopic (exact) mass is 433 g/mol. The van der Waals surface area contributed by atoms with E-state index in [-0.39, 0.29) is 6.10 Å². The number of piperidine rings is 1. The molecule has 26 heavy (non-hydrogen) atoms. The van der Waals surface area contributed by atoms with Crippen molar-refractivity contribution in [3.8, 4) is 0 Å². The molecular formula is C19H25Cl2NO2S2. The van der Waals surface area contributed by atoms with Crippen LogP contribution < -0.4 is 0 Å². The van der Waals surface area contributed by atoms with Crippen LogP contribution in [-0.4, -0.2) is 40.8 Å². The summed E-state index contributed by atoms with van der Waals surface area (Å²) in [4.78, 5) is 2.29. The molecule has 2 atom stereocenters. The normalized spacial score (nSPS) is 26.3. The smallest absolute Gasteiger partial charge is 0.206 e. The van der Waals surface area contributed by atoms with Gasteiger partial charge in [-0.15, -0.1) is 0 Å². The van der Waals surface area contributed by atoms with E-state index in [1.807, 2.05) is 12.1 Å². The molecular weight excluding hydrogens is 409 g/mol. The lowest BCUT2D eigenvalue weighted by Crippen LogP contribution is -2.36. The molecule has 0 saturated carbocycles. The Morgan fingerprint density at radius 3 is 2.77 bits per heavy atom. The third-order valence-electron chi connectivity index (χ3n) is 4.81. The standard InChI is InChI=1S/C19H25Cl2NO2S2/c1-2-6-15-12-23-19(24-15,16-8-7-14(20)11-17(16)21)13-26-18(25)22-9-4-3-5-10-22/h7-8,11,15H,2-6,9-10,12-13H2,1H3/t15-,19-/m0/s1. The quantitative estimate of drug-likeness (QED) is 0.540. The van der Waals surface area contributed by atoms with Gasteiger partial charge in [-0.05, 0) is 37.8 Å². The van der Waals surface area contributed by atoms with Crippen LogP contribution in [0.1, 0.15) is 44.6 Å². The van der Waals surface area contributed by atoms with Gasteiger partial charge < -0.3 is 14.4 Å². The van der Waals surface area contributed by atoms with Gasteiger partial charge in [-0.2, -0.15) is 0 Å². The number of ether oxygens (including phenoxy) is 2. The van der Waals surface area contributed by atoms with E-state index in [4.69, 9.17) is 44.9 Å². The van der Waals surface area contributed by atoms with Gasteiger partial charge in [0, 0.05) is 23.7 Å². The molecule has 0 spiro atoms. The number of thioether (sulfide) groups is 1. The number of rotatable bonds is 5. The van der Waals surface area contributed by atoms with E-state index >= 15 is 0 Å². The van der Waals surface area contributed by atoms with E-state index in [1.165, 1.54) is 19.3 Å². The lowest BCUT2D eigenvalue weighted by Gasteiger charge is -2.32. The summed E-state index contributed by atoms with van der Waals surface area (Å²) >= 11 is 19.9. The molecule has 144 valence electrons. The summed E-state index contributed by atoms with van der Waals surface area (Å²) in [5, 5.41) is 1.17. The molecule has 7 heteroatoms. The minimum absolute atomic E-state index is 0.0795. The van der Waals surface area contributed by atoms with Gasteiger partial charge in [-0.3, -0.25) is 0 Å². The molecule has 0 amide bonds. The highest BCUT2D eigenvalue weighted by Gasteiger charge is 2.44. The molecule has 0 bridgehead atoms. The van der Waals surface area contributed by atoms with Crippen LogP contribution in [0.15, 0.2) is 18.2 Å². The Labute approximate surface area is 175 Å². The van der Waals surface area contributed by atoms with Gasteiger partial charge in [0.1, 0.15) is 4.32 Å². The second-order valence-electron chi connectivity index (χ2n) is 6.82. The van der Waals surface area contributed by atoms with Gasteiger partial charge in [0.2, 0.25) is 5.79 Å². The molecule has 2 heterocycles. The zero-order chi connectivity index (χ0) is 18.6. The first-order valence-electron chi connectivity index (χ1n) is 9.23. The second-order valence-corrected chi connectivity index (χ2v) is 9.27. The van der Waals surface area contributed by atoms with Crippen molar-refractivity contribution in [3.05, 3.63) is 33.8 Å². The summed E-state index contributed by atoms with van der Waals surface area (Å²) in [6, 6.07) is 5.48. The fraction of sp³-hybridized carbons (Fsp3) is 0.632. The lowest BCUT2D eigenvalue weighted by molar-refractivity contribution is -0.157. The molecule has 0 aromatic heterocycles. The van der Waals surface area contributed by atoms with Gasteiger partial charge in [0.15, 0.2) is 0 Å². The number of benzene rings is 1. The number of hydrogen-bond acceptors (Lipinski definition) is 4. The maximum absolute atomic E-state index is 6.49. The molecule has 2 saturated heterocycles. The summed E-state index contributed by atoms with van der Waals surface area (Å²) in [5.74, 6) is -0.282. The number of halogens is 2. The molecule has 0 unspecified atom stereocenters. The fourth-order valence-electron chi connectivity index (χ4n) is 3.45. The topological polar surface area (TPSA) is 21.7 Å². The second kappa shape index (κ2) is 9.44. The molecule has 0 N–H and O–H groups in total. The van der Waals surface area contributed by atoms with E-state index in [0.717, 1.165) is 35.8 Å². The SMILES string of the molecule is CCC[C@H]1CO[C@](CSC(=S)N2CCCCC2)(c2ccc(Cl)cc2Cl)O1. The molecule has 2 aliphatic rings. The van der Waals surface area contributed by atoms with Crippen LogP contribution in [0.4, 0.5) is 0 Å². The Bertz CT molecular complexity index is 640. The van der Waals surface area contributed by atoms with E-state index < -0.39 is 5.79 Å². The predicted molar refractivity (Wildman–Crippen MR) is 114 cm³/mol. The molecule has 1 aromatic carbocycles. The van der Waals surface area contributed by atoms with Crippen molar-refractivity contribution < 1.29 is 9.47 Å². The van der Waals surface area contributed by atoms with E-state index in [0.29, 0.717) is 22.4 Å². The van der Waals surface area contributed by atoms with Gasteiger partial charge in [-0.1, -0.05) is 66.6 Å². The van der Waals surface area contributed by atoms with Gasteiger partial charge in [0.25, 0.3) is 0 Å². The Kier molecular flexibility index (Phi) is 7.51. The predicted octanol–water partition coefficient (Wildman–Crippen LogP) is 5.87. The van der Waals surface area contributed by atoms with Crippen LogP contribution in [0.25, 0.3) is 0 Å². The summed E-state index contributed by atoms with van der Waals surface area (Å²) < 4.78 is 13.5. The third-order valence-corrected chi connectivity index (χ3v) is 7.00. The Morgan fingerprint density at radius 2 is 2.08 bits per heavy atom. The fourth-order valence-corrected chi connectivity index (χ4v) is 5.34. The Morgan fingerprint density at radius 1 is 1.31 bits per heavy atom. The molecule has 0 aliphatic carbocycles. The minimum atomic E-state index is -0.869. The largest absolute Gasteiger partial charge is 0.358 e. The average molecular weight is 434 g/mol. The lowest BCUT2D eigenvalue weighted by atomic mass is 10.1. The van der Waals surface area contributed by atoms with E-state index in [2.05, 4.69) is 11.8 Å². The zero-order valence-corrected chi connectivity index (χ0v) is 18.2. The van der Waals surface area contributed by atoms with Gasteiger partial charge in [0.05, 0.1) is 23.5 Å². The van der Waals surface area contributed by atoms with Crippen molar-refractivity contribution in [2.75, 3.05) is 25.4 Å². The van der Waals surface area contributed by atoms with Crippen molar-refractivity contribution in [1.82, 2.24) is 4.90 Å². The summed E-state index contributed by atoms with van der Waals surface area (Å²) in [7, 11) is 0. The first-order chi connectivity index (χ1) is 12.5. The maximum Gasteiger partial charge on any atom is 0.206 e. The van der Waals surface area contributed by atoms with Crippen molar-refractivity contribution in [2.24, 2.45) is 0 Å². The number of thiocarbonyl (C=S) groups is 1. The van der Waals surface area contributed by atoms with Crippen LogP contribution in [-0.2, 0) is 15.3 Å². The van der Waals surface area contributed by atoms with Crippen molar-refractivity contribution >= 4 is 51.5 Å². The Hall–Kier alpha value is -0.0400. The highest BCUT2D eigenvalue weighted by Crippen LogP contribution is 2.42. The summed E-state index contributed by atoms with van der Waals surface area (Å²) in [5.41, 5.74) is 0.830. The number of nitrogens with zero attached hydrogens (tertiary/aromatic N) is 1. The third kappa shape index (κ3) is 4.86. The minimum Gasteiger partial charge on any atom is -0.358 e. The van der Waals surface area contributed by atoms with Crippen LogP contribution in [0, 0.1) is 0 Å². The molecule has 3 nitrogen and oxygen atoms in total. The van der Waals surface area contributed by atoms with Gasteiger partial charge in [-0.25, -0.2) is 0 Å². The molecule has 0 radical (unpaired) electrons. The molecule has 1 aromatic rings. The van der Waals surface area contributed by atoms with E-state index in [1.54, 1.807) is 17.8 Å². The van der Waals surface area contributed by atoms with Crippen molar-refractivity contribution in [3.63, 3.8) is 0 Å². The molecule has 3 rings (SSSR count). The first kappa shape index (κ1) is 20.7. The number of likely N-dealkylation sites (tertiary alicyclic amines) is 1. The average Bonchev–Trinajstić information content (AvgIpc) is 3.05. The van der Waals surface area contributed by atoms with Crippen molar-refractivity contribution in [2.45, 2.75) is 50.9 Å². The maximum atomic E-state index is 6.49. The van der Waals surface area contributed by atoms with E-state index in [9.17, 15) is 0 Å². The van der Waals surface area contributed by atoms with Crippen LogP contribution in [0.2, 0.25) is 10.0 Å². The van der Waals surface area contributed by atoms with Gasteiger partial charge >= 0.3 is 0 Å². The highest BCUT2D eigenvalue weighted by molar-refractivity contribution is 8.22. The highest BCUT2D eigenvalue weighted by atomic mass is 35.5. The van der Waals surface area contributed by atoms with Crippen LogP contribution in [0.3, 0.4) is 0 Å². The zero-order valence-electron chi connectivity index (χ0n) is 15.0. The molecule has 2 aliphatic heterocycles.